The van der Waals surface area contributed by atoms with Crippen LogP contribution in [0.2, 0.25) is 0 Å². The highest BCUT2D eigenvalue weighted by molar-refractivity contribution is 14.1. The van der Waals surface area contributed by atoms with Gasteiger partial charge in [0, 0.05) is 5.56 Å². The lowest BCUT2D eigenvalue weighted by Gasteiger charge is -2.26. The third-order valence-electron chi connectivity index (χ3n) is 6.37. The molecule has 4 aromatic rings. The quantitative estimate of drug-likeness (QED) is 0.234. The van der Waals surface area contributed by atoms with Gasteiger partial charge in [-0.05, 0) is 71.0 Å². The predicted molar refractivity (Wildman–Crippen MR) is 161 cm³/mol. The lowest BCUT2D eigenvalue weighted by molar-refractivity contribution is -0.138. The average molecular weight is 669 g/mol. The molecule has 1 aliphatic heterocycles. The number of rotatable bonds is 7. The summed E-state index contributed by atoms with van der Waals surface area (Å²) in [5.74, 6) is 0.445. The fourth-order valence-electron chi connectivity index (χ4n) is 4.53. The molecule has 40 heavy (non-hydrogen) atoms. The maximum Gasteiger partial charge on any atom is 0.338 e. The number of phenolic OH excluding ortho intramolecular Hbond substituents is 1. The molecule has 0 spiro atoms. The van der Waals surface area contributed by atoms with Crippen molar-refractivity contribution in [2.24, 2.45) is 4.99 Å². The molecule has 0 fully saturated rings. The number of carbonyl (C=O) groups excluding carboxylic acids is 1. The third kappa shape index (κ3) is 5.16. The monoisotopic (exact) mass is 668 g/mol. The highest BCUT2D eigenvalue weighted by atomic mass is 127. The molecule has 0 saturated heterocycles. The molecule has 1 atom stereocenters. The van der Waals surface area contributed by atoms with Crippen LogP contribution in [-0.2, 0) is 9.53 Å². The minimum atomic E-state index is -0.784. The Morgan fingerprint density at radius 1 is 1.10 bits per heavy atom. The van der Waals surface area contributed by atoms with Crippen molar-refractivity contribution in [2.75, 3.05) is 20.8 Å². The summed E-state index contributed by atoms with van der Waals surface area (Å²) in [5, 5.41) is 10.3. The van der Waals surface area contributed by atoms with Crippen LogP contribution in [-0.4, -0.2) is 36.5 Å². The number of ether oxygens (including phenoxy) is 3. The number of methoxy groups -OCH3 is 2. The van der Waals surface area contributed by atoms with E-state index in [1.54, 1.807) is 48.9 Å². The zero-order chi connectivity index (χ0) is 28.4. The van der Waals surface area contributed by atoms with Crippen LogP contribution in [0, 0.1) is 3.57 Å². The Morgan fingerprint density at radius 3 is 2.48 bits per heavy atom. The molecule has 0 aliphatic carbocycles. The largest absolute Gasteiger partial charge is 0.504 e. The number of aromatic nitrogens is 1. The molecule has 0 amide bonds. The number of nitrogens with zero attached hydrogens (tertiary/aromatic N) is 2. The molecule has 5 rings (SSSR count). The minimum absolute atomic E-state index is 0.0350. The molecular formula is C30H25IN2O6S. The maximum absolute atomic E-state index is 14.0. The van der Waals surface area contributed by atoms with Crippen LogP contribution in [0.1, 0.15) is 29.7 Å². The first-order chi connectivity index (χ1) is 19.4. The van der Waals surface area contributed by atoms with E-state index in [0.717, 1.165) is 5.56 Å². The topological polar surface area (TPSA) is 99.4 Å². The van der Waals surface area contributed by atoms with Crippen LogP contribution in [0.25, 0.3) is 11.8 Å². The van der Waals surface area contributed by atoms with E-state index in [1.165, 1.54) is 18.4 Å². The lowest BCUT2D eigenvalue weighted by atomic mass is 9.93. The second-order valence-corrected chi connectivity index (χ2v) is 10.9. The average Bonchev–Trinajstić information content (AvgIpc) is 3.28. The van der Waals surface area contributed by atoms with Crippen LogP contribution in [0.4, 0.5) is 0 Å². The highest BCUT2D eigenvalue weighted by Crippen LogP contribution is 2.36. The SMILES string of the molecule is CCOC(=O)C1=C(c2ccccc2)N=c2s/c(=C\c3cc(I)c(O)c(OC)c3)c(=O)n2[C@H]1c1ccc(OC)cc1. The number of esters is 1. The van der Waals surface area contributed by atoms with Crippen molar-refractivity contribution in [3.63, 3.8) is 0 Å². The van der Waals surface area contributed by atoms with Crippen molar-refractivity contribution in [3.8, 4) is 17.2 Å². The smallest absolute Gasteiger partial charge is 0.338 e. The first-order valence-corrected chi connectivity index (χ1v) is 14.2. The molecule has 0 unspecified atom stereocenters. The minimum Gasteiger partial charge on any atom is -0.504 e. The molecule has 8 nitrogen and oxygen atoms in total. The fourth-order valence-corrected chi connectivity index (χ4v) is 6.15. The van der Waals surface area contributed by atoms with Crippen LogP contribution in [0.5, 0.6) is 17.2 Å². The van der Waals surface area contributed by atoms with Gasteiger partial charge in [-0.25, -0.2) is 9.79 Å². The summed E-state index contributed by atoms with van der Waals surface area (Å²) in [6.07, 6.45) is 1.73. The van der Waals surface area contributed by atoms with Crippen LogP contribution < -0.4 is 24.4 Å². The van der Waals surface area contributed by atoms with Gasteiger partial charge in [0.2, 0.25) is 0 Å². The van der Waals surface area contributed by atoms with Gasteiger partial charge in [0.15, 0.2) is 16.3 Å². The highest BCUT2D eigenvalue weighted by Gasteiger charge is 2.35. The van der Waals surface area contributed by atoms with Crippen molar-refractivity contribution >= 4 is 51.7 Å². The first-order valence-electron chi connectivity index (χ1n) is 12.3. The van der Waals surface area contributed by atoms with Crippen molar-refractivity contribution in [1.82, 2.24) is 4.57 Å². The number of thiazole rings is 1. The van der Waals surface area contributed by atoms with Gasteiger partial charge in [-0.1, -0.05) is 53.8 Å². The van der Waals surface area contributed by atoms with E-state index in [4.69, 9.17) is 19.2 Å². The molecule has 204 valence electrons. The van der Waals surface area contributed by atoms with E-state index in [-0.39, 0.29) is 23.5 Å². The van der Waals surface area contributed by atoms with Crippen molar-refractivity contribution in [2.45, 2.75) is 13.0 Å². The summed E-state index contributed by atoms with van der Waals surface area (Å²) in [6, 6.07) is 19.3. The van der Waals surface area contributed by atoms with Gasteiger partial charge >= 0.3 is 5.97 Å². The number of aromatic hydroxyl groups is 1. The molecule has 2 heterocycles. The van der Waals surface area contributed by atoms with Gasteiger partial charge in [0.25, 0.3) is 5.56 Å². The van der Waals surface area contributed by atoms with Gasteiger partial charge in [-0.15, -0.1) is 0 Å². The second-order valence-electron chi connectivity index (χ2n) is 8.76. The van der Waals surface area contributed by atoms with Gasteiger partial charge in [0.1, 0.15) is 5.75 Å². The Bertz CT molecular complexity index is 1790. The van der Waals surface area contributed by atoms with Crippen LogP contribution >= 0.6 is 33.9 Å². The fraction of sp³-hybridized carbons (Fsp3) is 0.167. The van der Waals surface area contributed by atoms with Crippen molar-refractivity contribution < 1.29 is 24.1 Å². The van der Waals surface area contributed by atoms with Gasteiger partial charge in [-0.3, -0.25) is 9.36 Å². The van der Waals surface area contributed by atoms with Crippen molar-refractivity contribution in [1.29, 1.82) is 0 Å². The van der Waals surface area contributed by atoms with E-state index in [2.05, 4.69) is 0 Å². The van der Waals surface area contributed by atoms with Crippen LogP contribution in [0.15, 0.2) is 82.1 Å². The van der Waals surface area contributed by atoms with E-state index in [1.807, 2.05) is 65.1 Å². The summed E-state index contributed by atoms with van der Waals surface area (Å²) in [6.45, 7) is 1.91. The Balaban J connectivity index is 1.81. The molecule has 1 aliphatic rings. The van der Waals surface area contributed by atoms with E-state index in [0.29, 0.717) is 41.2 Å². The maximum atomic E-state index is 14.0. The van der Waals surface area contributed by atoms with Gasteiger partial charge < -0.3 is 19.3 Å². The number of carbonyl (C=O) groups is 1. The normalized spacial score (nSPS) is 14.9. The van der Waals surface area contributed by atoms with Gasteiger partial charge in [0.05, 0.1) is 46.2 Å². The first kappa shape index (κ1) is 27.7. The molecule has 0 radical (unpaired) electrons. The summed E-state index contributed by atoms with van der Waals surface area (Å²) in [5.41, 5.74) is 2.55. The summed E-state index contributed by atoms with van der Waals surface area (Å²) in [4.78, 5) is 32.8. The van der Waals surface area contributed by atoms with Crippen molar-refractivity contribution in [3.05, 3.63) is 112 Å². The summed E-state index contributed by atoms with van der Waals surface area (Å²) < 4.78 is 18.7. The number of benzene rings is 3. The van der Waals surface area contributed by atoms with E-state index >= 15 is 0 Å². The summed E-state index contributed by atoms with van der Waals surface area (Å²) >= 11 is 3.24. The standard InChI is InChI=1S/C30H25IN2O6S/c1-4-39-29(36)24-25(18-8-6-5-7-9-18)32-30-33(26(24)19-10-12-20(37-2)13-11-19)28(35)23(40-30)16-17-14-21(31)27(34)22(15-17)38-3/h5-16,26,34H,4H2,1-3H3/b23-16-/t26-/m0/s1. The lowest BCUT2D eigenvalue weighted by Crippen LogP contribution is -2.40. The number of fused-ring (bicyclic) bond motifs is 1. The zero-order valence-corrected chi connectivity index (χ0v) is 24.9. The second kappa shape index (κ2) is 11.7. The molecule has 1 N–H and O–H groups in total. The van der Waals surface area contributed by atoms with E-state index < -0.39 is 12.0 Å². The zero-order valence-electron chi connectivity index (χ0n) is 21.9. The van der Waals surface area contributed by atoms with E-state index in [9.17, 15) is 14.7 Å². The Kier molecular flexibility index (Phi) is 8.08. The molecule has 1 aromatic heterocycles. The number of hydrogen-bond donors (Lipinski definition) is 1. The van der Waals surface area contributed by atoms with Gasteiger partial charge in [-0.2, -0.15) is 0 Å². The summed E-state index contributed by atoms with van der Waals surface area (Å²) in [7, 11) is 3.05. The predicted octanol–water partition coefficient (Wildman–Crippen LogP) is 4.26. The molecule has 0 bridgehead atoms. The number of phenols is 1. The molecule has 3 aromatic carbocycles. The molecular weight excluding hydrogens is 643 g/mol. The number of halogens is 1. The number of hydrogen-bond acceptors (Lipinski definition) is 8. The Hall–Kier alpha value is -3.90. The molecule has 10 heteroatoms. The Labute approximate surface area is 247 Å². The Morgan fingerprint density at radius 2 is 1.82 bits per heavy atom. The van der Waals surface area contributed by atoms with Crippen LogP contribution in [0.3, 0.4) is 0 Å². The molecule has 0 saturated carbocycles. The third-order valence-corrected chi connectivity index (χ3v) is 8.18.